The Morgan fingerprint density at radius 2 is 0.711 bits per heavy atom. The molecule has 45 heavy (non-hydrogen) atoms. The number of carbonyl (C=O) groups excluding carboxylic acids is 4. The molecule has 4 aromatic carbocycles. The van der Waals surface area contributed by atoms with E-state index in [0.717, 1.165) is 22.3 Å². The second-order valence-electron chi connectivity index (χ2n) is 11.0. The van der Waals surface area contributed by atoms with Crippen LogP contribution in [-0.4, -0.2) is 36.1 Å². The maximum absolute atomic E-state index is 13.9. The Morgan fingerprint density at radius 3 is 0.978 bits per heavy atom. The van der Waals surface area contributed by atoms with E-state index in [2.05, 4.69) is 0 Å². The molecule has 0 amide bonds. The number of esters is 4. The van der Waals surface area contributed by atoms with Gasteiger partial charge in [-0.2, -0.15) is 0 Å². The number of ether oxygens (including phenoxy) is 5. The molecule has 4 atom stereocenters. The van der Waals surface area contributed by atoms with E-state index in [1.54, 1.807) is 72.8 Å². The van der Waals surface area contributed by atoms with Crippen molar-refractivity contribution in [3.63, 3.8) is 0 Å². The van der Waals surface area contributed by atoms with Gasteiger partial charge in [-0.05, 0) is 98.5 Å². The molecule has 1 saturated heterocycles. The molecule has 0 bridgehead atoms. The molecule has 230 valence electrons. The van der Waals surface area contributed by atoms with E-state index < -0.39 is 47.9 Å². The second kappa shape index (κ2) is 13.6. The lowest BCUT2D eigenvalue weighted by Gasteiger charge is -2.21. The predicted molar refractivity (Wildman–Crippen MR) is 163 cm³/mol. The molecule has 9 heteroatoms. The quantitative estimate of drug-likeness (QED) is 0.185. The molecular formula is C36H32O9. The van der Waals surface area contributed by atoms with Crippen molar-refractivity contribution in [3.8, 4) is 23.0 Å². The van der Waals surface area contributed by atoms with Crippen molar-refractivity contribution in [2.75, 3.05) is 0 Å². The van der Waals surface area contributed by atoms with Crippen LogP contribution in [0.25, 0.3) is 0 Å². The Labute approximate surface area is 260 Å². The first kappa shape index (κ1) is 31.2. The SMILES string of the molecule is Cc1cccc(OC(=O)C2OC(C(=O)Oc3cccc(C)c3)C(C(=O)Oc3cccc(C)c3)C2C(=O)Oc2cccc(C)c2)c1. The summed E-state index contributed by atoms with van der Waals surface area (Å²) in [7, 11) is 0. The summed E-state index contributed by atoms with van der Waals surface area (Å²) in [4.78, 5) is 55.0. The van der Waals surface area contributed by atoms with Crippen LogP contribution >= 0.6 is 0 Å². The predicted octanol–water partition coefficient (Wildman–Crippen LogP) is 5.64. The minimum Gasteiger partial charge on any atom is -0.426 e. The van der Waals surface area contributed by atoms with Crippen molar-refractivity contribution in [2.24, 2.45) is 11.8 Å². The first-order valence-corrected chi connectivity index (χ1v) is 14.4. The van der Waals surface area contributed by atoms with Gasteiger partial charge in [-0.3, -0.25) is 9.59 Å². The Morgan fingerprint density at radius 1 is 0.444 bits per heavy atom. The first-order valence-electron chi connectivity index (χ1n) is 14.4. The number of rotatable bonds is 8. The Hall–Kier alpha value is -5.28. The smallest absolute Gasteiger partial charge is 0.341 e. The van der Waals surface area contributed by atoms with Crippen LogP contribution in [0.5, 0.6) is 23.0 Å². The third-order valence-electron chi connectivity index (χ3n) is 7.17. The highest BCUT2D eigenvalue weighted by molar-refractivity contribution is 5.96. The van der Waals surface area contributed by atoms with Crippen LogP contribution in [0.3, 0.4) is 0 Å². The fourth-order valence-electron chi connectivity index (χ4n) is 5.08. The molecule has 0 radical (unpaired) electrons. The largest absolute Gasteiger partial charge is 0.426 e. The van der Waals surface area contributed by atoms with E-state index in [1.165, 1.54) is 0 Å². The van der Waals surface area contributed by atoms with Gasteiger partial charge in [0.15, 0.2) is 12.2 Å². The molecule has 0 saturated carbocycles. The van der Waals surface area contributed by atoms with Gasteiger partial charge in [-0.15, -0.1) is 0 Å². The summed E-state index contributed by atoms with van der Waals surface area (Å²) >= 11 is 0. The molecule has 0 N–H and O–H groups in total. The molecule has 0 aliphatic carbocycles. The van der Waals surface area contributed by atoms with Crippen molar-refractivity contribution in [1.82, 2.24) is 0 Å². The van der Waals surface area contributed by atoms with Crippen LogP contribution in [0.15, 0.2) is 97.1 Å². The monoisotopic (exact) mass is 608 g/mol. The van der Waals surface area contributed by atoms with Gasteiger partial charge in [0.25, 0.3) is 0 Å². The molecule has 0 aromatic heterocycles. The highest BCUT2D eigenvalue weighted by Gasteiger charge is 2.60. The lowest BCUT2D eigenvalue weighted by molar-refractivity contribution is -0.160. The molecule has 1 heterocycles. The molecule has 5 rings (SSSR count). The number of hydrogen-bond acceptors (Lipinski definition) is 9. The zero-order valence-electron chi connectivity index (χ0n) is 25.2. The summed E-state index contributed by atoms with van der Waals surface area (Å²) in [6.07, 6.45) is -3.43. The number of benzene rings is 4. The highest BCUT2D eigenvalue weighted by Crippen LogP contribution is 2.38. The summed E-state index contributed by atoms with van der Waals surface area (Å²) in [6.45, 7) is 7.27. The molecule has 0 spiro atoms. The molecular weight excluding hydrogens is 576 g/mol. The van der Waals surface area contributed by atoms with E-state index >= 15 is 0 Å². The van der Waals surface area contributed by atoms with E-state index in [0.29, 0.717) is 0 Å². The molecule has 1 aliphatic rings. The van der Waals surface area contributed by atoms with Gasteiger partial charge in [0.1, 0.15) is 34.8 Å². The number of hydrogen-bond donors (Lipinski definition) is 0. The van der Waals surface area contributed by atoms with Gasteiger partial charge in [0, 0.05) is 0 Å². The van der Waals surface area contributed by atoms with E-state index in [1.807, 2.05) is 52.0 Å². The molecule has 4 unspecified atom stereocenters. The maximum Gasteiger partial charge on any atom is 0.341 e. The summed E-state index contributed by atoms with van der Waals surface area (Å²) in [5, 5.41) is 0. The molecule has 1 aliphatic heterocycles. The summed E-state index contributed by atoms with van der Waals surface area (Å²) in [6, 6.07) is 26.8. The second-order valence-corrected chi connectivity index (χ2v) is 11.0. The van der Waals surface area contributed by atoms with Gasteiger partial charge < -0.3 is 23.7 Å². The highest BCUT2D eigenvalue weighted by atomic mass is 16.6. The molecule has 1 fully saturated rings. The zero-order chi connectivity index (χ0) is 32.1. The topological polar surface area (TPSA) is 114 Å². The Kier molecular flexibility index (Phi) is 9.39. The molecule has 9 nitrogen and oxygen atoms in total. The average Bonchev–Trinajstić information content (AvgIpc) is 3.39. The fourth-order valence-corrected chi connectivity index (χ4v) is 5.08. The lowest BCUT2D eigenvalue weighted by Crippen LogP contribution is -2.44. The maximum atomic E-state index is 13.9. The van der Waals surface area contributed by atoms with Gasteiger partial charge in [0.05, 0.1) is 0 Å². The summed E-state index contributed by atoms with van der Waals surface area (Å²) in [5.74, 6) is -6.46. The minimum atomic E-state index is -1.71. The van der Waals surface area contributed by atoms with Crippen molar-refractivity contribution in [3.05, 3.63) is 119 Å². The first-order chi connectivity index (χ1) is 21.6. The normalized spacial score (nSPS) is 18.9. The summed E-state index contributed by atoms with van der Waals surface area (Å²) < 4.78 is 28.4. The fraction of sp³-hybridized carbons (Fsp3) is 0.222. The molecule has 4 aromatic rings. The van der Waals surface area contributed by atoms with Crippen LogP contribution in [-0.2, 0) is 23.9 Å². The standard InChI is InChI=1S/C36H32O9/c1-21-9-5-13-25(17-21)41-33(37)29-30(34(38)42-26-14-6-10-22(2)18-26)32(36(40)44-28-16-8-12-24(4)20-28)45-31(29)35(39)43-27-15-7-11-23(3)19-27/h5-20,29-32H,1-4H3. The van der Waals surface area contributed by atoms with Crippen LogP contribution < -0.4 is 18.9 Å². The van der Waals surface area contributed by atoms with Crippen molar-refractivity contribution in [2.45, 2.75) is 39.9 Å². The van der Waals surface area contributed by atoms with Crippen LogP contribution in [0.4, 0.5) is 0 Å². The Bertz CT molecular complexity index is 1620. The lowest BCUT2D eigenvalue weighted by atomic mass is 9.86. The van der Waals surface area contributed by atoms with Gasteiger partial charge in [0.2, 0.25) is 0 Å². The van der Waals surface area contributed by atoms with Crippen molar-refractivity contribution in [1.29, 1.82) is 0 Å². The van der Waals surface area contributed by atoms with E-state index in [9.17, 15) is 19.2 Å². The van der Waals surface area contributed by atoms with Crippen LogP contribution in [0, 0.1) is 39.5 Å². The number of carbonyl (C=O) groups is 4. The zero-order valence-corrected chi connectivity index (χ0v) is 25.2. The summed E-state index contributed by atoms with van der Waals surface area (Å²) in [5.41, 5.74) is 3.27. The van der Waals surface area contributed by atoms with Crippen LogP contribution in [0.2, 0.25) is 0 Å². The van der Waals surface area contributed by atoms with Gasteiger partial charge >= 0.3 is 23.9 Å². The third-order valence-corrected chi connectivity index (χ3v) is 7.17. The van der Waals surface area contributed by atoms with Crippen LogP contribution in [0.1, 0.15) is 22.3 Å². The van der Waals surface area contributed by atoms with Gasteiger partial charge in [-0.1, -0.05) is 48.5 Å². The number of aryl methyl sites for hydroxylation is 4. The Balaban J connectivity index is 1.53. The van der Waals surface area contributed by atoms with Crippen molar-refractivity contribution < 1.29 is 42.9 Å². The van der Waals surface area contributed by atoms with E-state index in [-0.39, 0.29) is 23.0 Å². The minimum absolute atomic E-state index is 0.183. The van der Waals surface area contributed by atoms with E-state index in [4.69, 9.17) is 23.7 Å². The third kappa shape index (κ3) is 7.63. The van der Waals surface area contributed by atoms with Gasteiger partial charge in [-0.25, -0.2) is 9.59 Å². The van der Waals surface area contributed by atoms with Crippen molar-refractivity contribution >= 4 is 23.9 Å². The average molecular weight is 609 g/mol.